The zero-order valence-electron chi connectivity index (χ0n) is 12.2. The zero-order chi connectivity index (χ0) is 12.9. The first-order valence-corrected chi connectivity index (χ1v) is 7.23. The number of piperazine rings is 1. The lowest BCUT2D eigenvalue weighted by atomic mass is 9.80. The Hall–Kier alpha value is -0.340. The quantitative estimate of drug-likeness (QED) is 0.715. The van der Waals surface area contributed by atoms with Crippen LogP contribution in [0.3, 0.4) is 0 Å². The Kier molecular flexibility index (Phi) is 5.21. The fraction of sp³-hybridized carbons (Fsp3) is 0.867. The lowest BCUT2D eigenvalue weighted by Gasteiger charge is -2.54. The van der Waals surface area contributed by atoms with Gasteiger partial charge >= 0.3 is 0 Å². The van der Waals surface area contributed by atoms with Crippen LogP contribution in [-0.4, -0.2) is 35.6 Å². The summed E-state index contributed by atoms with van der Waals surface area (Å²) >= 11 is 0. The van der Waals surface area contributed by atoms with Gasteiger partial charge in [0.1, 0.15) is 0 Å². The monoisotopic (exact) mass is 238 g/mol. The van der Waals surface area contributed by atoms with Crippen molar-refractivity contribution >= 4 is 0 Å². The molecule has 2 heteroatoms. The van der Waals surface area contributed by atoms with Crippen molar-refractivity contribution in [3.63, 3.8) is 0 Å². The third-order valence-corrected chi connectivity index (χ3v) is 4.98. The average Bonchev–Trinajstić information content (AvgIpc) is 2.39. The molecule has 1 aliphatic heterocycles. The third-order valence-electron chi connectivity index (χ3n) is 4.98. The molecule has 0 aromatic rings. The molecule has 0 unspecified atom stereocenters. The lowest BCUT2D eigenvalue weighted by molar-refractivity contribution is 0.00407. The number of nitrogens with zero attached hydrogens (tertiary/aromatic N) is 1. The van der Waals surface area contributed by atoms with Gasteiger partial charge in [-0.1, -0.05) is 33.8 Å². The van der Waals surface area contributed by atoms with Gasteiger partial charge in [0.25, 0.3) is 0 Å². The standard InChI is InChI=1S/C15H30N2/c1-6-11-17-13-14(7-2,8-3)16-12-15(17,9-4)10-5/h6,16H,1,7-13H2,2-5H3. The van der Waals surface area contributed by atoms with Crippen LogP contribution in [0.4, 0.5) is 0 Å². The summed E-state index contributed by atoms with van der Waals surface area (Å²) in [4.78, 5) is 2.66. The molecule has 1 rings (SSSR count). The minimum Gasteiger partial charge on any atom is -0.308 e. The van der Waals surface area contributed by atoms with Crippen molar-refractivity contribution in [2.75, 3.05) is 19.6 Å². The van der Waals surface area contributed by atoms with Crippen molar-refractivity contribution in [2.24, 2.45) is 0 Å². The van der Waals surface area contributed by atoms with Crippen LogP contribution in [0.5, 0.6) is 0 Å². The van der Waals surface area contributed by atoms with Crippen LogP contribution in [-0.2, 0) is 0 Å². The maximum absolute atomic E-state index is 3.93. The predicted octanol–water partition coefficient (Wildman–Crippen LogP) is 3.20. The molecule has 2 nitrogen and oxygen atoms in total. The Morgan fingerprint density at radius 3 is 2.12 bits per heavy atom. The Bertz CT molecular complexity index is 239. The van der Waals surface area contributed by atoms with E-state index in [9.17, 15) is 0 Å². The van der Waals surface area contributed by atoms with E-state index in [4.69, 9.17) is 0 Å². The van der Waals surface area contributed by atoms with Gasteiger partial charge in [-0.2, -0.15) is 0 Å². The van der Waals surface area contributed by atoms with E-state index in [1.54, 1.807) is 0 Å². The predicted molar refractivity (Wildman–Crippen MR) is 76.4 cm³/mol. The Labute approximate surface area is 107 Å². The molecule has 0 spiro atoms. The summed E-state index contributed by atoms with van der Waals surface area (Å²) in [7, 11) is 0. The molecule has 1 saturated heterocycles. The van der Waals surface area contributed by atoms with Gasteiger partial charge in [-0.3, -0.25) is 4.90 Å². The zero-order valence-corrected chi connectivity index (χ0v) is 12.2. The summed E-state index contributed by atoms with van der Waals surface area (Å²) in [6.07, 6.45) is 6.91. The van der Waals surface area contributed by atoms with Gasteiger partial charge in [-0.05, 0) is 25.7 Å². The number of nitrogens with one attached hydrogen (secondary N) is 1. The van der Waals surface area contributed by atoms with Gasteiger partial charge in [0.15, 0.2) is 0 Å². The van der Waals surface area contributed by atoms with E-state index >= 15 is 0 Å². The van der Waals surface area contributed by atoms with E-state index in [1.165, 1.54) is 25.7 Å². The molecule has 0 aromatic carbocycles. The van der Waals surface area contributed by atoms with Crippen molar-refractivity contribution in [3.8, 4) is 0 Å². The molecule has 0 aliphatic carbocycles. The van der Waals surface area contributed by atoms with E-state index in [0.717, 1.165) is 19.6 Å². The first kappa shape index (κ1) is 14.7. The molecule has 100 valence electrons. The fourth-order valence-corrected chi connectivity index (χ4v) is 3.14. The number of hydrogen-bond acceptors (Lipinski definition) is 2. The van der Waals surface area contributed by atoms with E-state index in [1.807, 2.05) is 0 Å². The summed E-state index contributed by atoms with van der Waals surface area (Å²) in [6.45, 7) is 16.4. The molecule has 0 aromatic heterocycles. The molecular weight excluding hydrogens is 208 g/mol. The molecule has 1 aliphatic rings. The lowest BCUT2D eigenvalue weighted by Crippen LogP contribution is -2.69. The fourth-order valence-electron chi connectivity index (χ4n) is 3.14. The second-order valence-electron chi connectivity index (χ2n) is 5.44. The molecule has 17 heavy (non-hydrogen) atoms. The van der Waals surface area contributed by atoms with Gasteiger partial charge in [0.05, 0.1) is 0 Å². The maximum atomic E-state index is 3.93. The molecule has 0 bridgehead atoms. The maximum Gasteiger partial charge on any atom is 0.0333 e. The largest absolute Gasteiger partial charge is 0.308 e. The van der Waals surface area contributed by atoms with Crippen molar-refractivity contribution in [1.29, 1.82) is 0 Å². The summed E-state index contributed by atoms with van der Waals surface area (Å²) in [5.74, 6) is 0. The summed E-state index contributed by atoms with van der Waals surface area (Å²) in [5, 5.41) is 3.84. The van der Waals surface area contributed by atoms with E-state index < -0.39 is 0 Å². The van der Waals surface area contributed by atoms with Crippen LogP contribution in [0, 0.1) is 0 Å². The van der Waals surface area contributed by atoms with Crippen molar-refractivity contribution < 1.29 is 0 Å². The molecular formula is C15H30N2. The van der Waals surface area contributed by atoms with E-state index in [0.29, 0.717) is 11.1 Å². The van der Waals surface area contributed by atoms with Gasteiger partial charge in [0, 0.05) is 30.7 Å². The average molecular weight is 238 g/mol. The Balaban J connectivity index is 2.90. The summed E-state index contributed by atoms with van der Waals surface area (Å²) in [6, 6.07) is 0. The number of rotatable bonds is 6. The van der Waals surface area contributed by atoms with Crippen molar-refractivity contribution in [1.82, 2.24) is 10.2 Å². The molecule has 1 N–H and O–H groups in total. The molecule has 1 heterocycles. The van der Waals surface area contributed by atoms with Gasteiger partial charge < -0.3 is 5.32 Å². The van der Waals surface area contributed by atoms with Crippen LogP contribution >= 0.6 is 0 Å². The molecule has 1 fully saturated rings. The third kappa shape index (κ3) is 2.74. The molecule has 0 atom stereocenters. The first-order chi connectivity index (χ1) is 8.12. The molecule has 0 amide bonds. The van der Waals surface area contributed by atoms with Gasteiger partial charge in [-0.25, -0.2) is 0 Å². The minimum absolute atomic E-state index is 0.316. The highest BCUT2D eigenvalue weighted by molar-refractivity contribution is 5.04. The normalized spacial score (nSPS) is 23.5. The van der Waals surface area contributed by atoms with Crippen LogP contribution in [0.15, 0.2) is 12.7 Å². The molecule has 0 radical (unpaired) electrons. The second kappa shape index (κ2) is 6.01. The van der Waals surface area contributed by atoms with Crippen LogP contribution in [0.2, 0.25) is 0 Å². The summed E-state index contributed by atoms with van der Waals surface area (Å²) in [5.41, 5.74) is 0.652. The topological polar surface area (TPSA) is 15.3 Å². The highest BCUT2D eigenvalue weighted by atomic mass is 15.3. The highest BCUT2D eigenvalue weighted by Gasteiger charge is 2.43. The van der Waals surface area contributed by atoms with E-state index in [2.05, 4.69) is 50.6 Å². The minimum atomic E-state index is 0.316. The van der Waals surface area contributed by atoms with Crippen LogP contribution in [0.25, 0.3) is 0 Å². The Morgan fingerprint density at radius 1 is 1.12 bits per heavy atom. The SMILES string of the molecule is C=CCN1CC(CC)(CC)NCC1(CC)CC. The van der Waals surface area contributed by atoms with Crippen molar-refractivity contribution in [2.45, 2.75) is 64.5 Å². The van der Waals surface area contributed by atoms with E-state index in [-0.39, 0.29) is 0 Å². The highest BCUT2D eigenvalue weighted by Crippen LogP contribution is 2.32. The van der Waals surface area contributed by atoms with Crippen LogP contribution in [0.1, 0.15) is 53.4 Å². The summed E-state index contributed by atoms with van der Waals surface area (Å²) < 4.78 is 0. The first-order valence-electron chi connectivity index (χ1n) is 7.23. The second-order valence-corrected chi connectivity index (χ2v) is 5.44. The van der Waals surface area contributed by atoms with Crippen LogP contribution < -0.4 is 5.32 Å². The van der Waals surface area contributed by atoms with Gasteiger partial charge in [0.2, 0.25) is 0 Å². The Morgan fingerprint density at radius 2 is 1.71 bits per heavy atom. The van der Waals surface area contributed by atoms with Gasteiger partial charge in [-0.15, -0.1) is 6.58 Å². The smallest absolute Gasteiger partial charge is 0.0333 e. The number of hydrogen-bond donors (Lipinski definition) is 1. The molecule has 0 saturated carbocycles. The van der Waals surface area contributed by atoms with Crippen molar-refractivity contribution in [3.05, 3.63) is 12.7 Å².